The molecule has 0 unspecified atom stereocenters. The minimum Gasteiger partial charge on any atom is -0.361 e. The van der Waals surface area contributed by atoms with E-state index < -0.39 is 5.91 Å². The molecule has 0 radical (unpaired) electrons. The van der Waals surface area contributed by atoms with Gasteiger partial charge in [-0.25, -0.2) is 0 Å². The van der Waals surface area contributed by atoms with Crippen LogP contribution in [0.25, 0.3) is 27.8 Å². The highest BCUT2D eigenvalue weighted by Gasteiger charge is 2.16. The molecule has 5 aromatic carbocycles. The zero-order valence-electron chi connectivity index (χ0n) is 23.5. The number of aromatic amines is 1. The number of carbonyl (C=O) groups excluding carboxylic acids is 3. The first-order valence-corrected chi connectivity index (χ1v) is 15.0. The Labute approximate surface area is 258 Å². The molecule has 0 spiro atoms. The van der Waals surface area contributed by atoms with Crippen LogP contribution >= 0.6 is 11.8 Å². The largest absolute Gasteiger partial charge is 0.361 e. The minimum atomic E-state index is -0.463. The minimum absolute atomic E-state index is 0.104. The second kappa shape index (κ2) is 13.1. The predicted octanol–water partition coefficient (Wildman–Crippen LogP) is 7.46. The summed E-state index contributed by atoms with van der Waals surface area (Å²) in [5, 5.41) is 11.7. The summed E-state index contributed by atoms with van der Waals surface area (Å²) in [6.45, 7) is 0. The standard InChI is InChI=1S/C36H28N4O3S/c41-34(38-29-15-14-24-8-4-5-11-26(24)20-29)23-44-30-18-16-28(17-19-30)39-36(43)33(40-35(42)25-9-2-1-3-10-25)21-27-22-37-32-13-7-6-12-31(27)32/h1-22,37H,23H2,(H,38,41)(H,39,43)(H,40,42)/b33-21-. The van der Waals surface area contributed by atoms with E-state index in [1.165, 1.54) is 11.8 Å². The van der Waals surface area contributed by atoms with Crippen LogP contribution in [0.15, 0.2) is 138 Å². The van der Waals surface area contributed by atoms with Gasteiger partial charge < -0.3 is 20.9 Å². The van der Waals surface area contributed by atoms with Gasteiger partial charge in [0.05, 0.1) is 5.75 Å². The number of thioether (sulfide) groups is 1. The number of anilines is 2. The number of H-pyrrole nitrogens is 1. The molecule has 0 aliphatic heterocycles. The number of benzene rings is 5. The highest BCUT2D eigenvalue weighted by molar-refractivity contribution is 8.00. The fourth-order valence-electron chi connectivity index (χ4n) is 4.76. The summed E-state index contributed by atoms with van der Waals surface area (Å²) in [6, 6.07) is 37.5. The summed E-state index contributed by atoms with van der Waals surface area (Å²) >= 11 is 1.40. The fraction of sp³-hybridized carbons (Fsp3) is 0.0278. The van der Waals surface area contributed by atoms with Crippen molar-refractivity contribution < 1.29 is 14.4 Å². The van der Waals surface area contributed by atoms with Crippen LogP contribution in [0.5, 0.6) is 0 Å². The van der Waals surface area contributed by atoms with Crippen LogP contribution in [-0.4, -0.2) is 28.5 Å². The van der Waals surface area contributed by atoms with Gasteiger partial charge in [0.2, 0.25) is 5.91 Å². The van der Waals surface area contributed by atoms with Gasteiger partial charge in [-0.3, -0.25) is 14.4 Å². The smallest absolute Gasteiger partial charge is 0.272 e. The van der Waals surface area contributed by atoms with E-state index in [1.807, 2.05) is 84.9 Å². The first-order chi connectivity index (χ1) is 21.5. The van der Waals surface area contributed by atoms with Crippen LogP contribution in [0.1, 0.15) is 15.9 Å². The molecule has 0 aliphatic carbocycles. The van der Waals surface area contributed by atoms with Gasteiger partial charge in [0.25, 0.3) is 11.8 Å². The SMILES string of the molecule is O=C(CSc1ccc(NC(=O)/C(=C/c2c[nH]c3ccccc23)NC(=O)c2ccccc2)cc1)Nc1ccc2ccccc2c1. The van der Waals surface area contributed by atoms with Crippen LogP contribution in [0.3, 0.4) is 0 Å². The number of amides is 3. The topological polar surface area (TPSA) is 103 Å². The van der Waals surface area contributed by atoms with E-state index in [0.717, 1.165) is 37.8 Å². The lowest BCUT2D eigenvalue weighted by atomic mass is 10.1. The molecule has 1 aromatic heterocycles. The molecule has 4 N–H and O–H groups in total. The van der Waals surface area contributed by atoms with E-state index in [-0.39, 0.29) is 23.3 Å². The van der Waals surface area contributed by atoms with E-state index in [4.69, 9.17) is 0 Å². The quantitative estimate of drug-likeness (QED) is 0.103. The van der Waals surface area contributed by atoms with Gasteiger partial charge in [-0.1, -0.05) is 66.7 Å². The van der Waals surface area contributed by atoms with Crippen molar-refractivity contribution in [2.75, 3.05) is 16.4 Å². The molecule has 0 saturated carbocycles. The summed E-state index contributed by atoms with van der Waals surface area (Å²) < 4.78 is 0. The molecule has 8 heteroatoms. The molecule has 7 nitrogen and oxygen atoms in total. The Morgan fingerprint density at radius 2 is 1.41 bits per heavy atom. The van der Waals surface area contributed by atoms with Gasteiger partial charge in [0.15, 0.2) is 0 Å². The molecule has 0 aliphatic rings. The molecule has 0 fully saturated rings. The molecular weight excluding hydrogens is 568 g/mol. The van der Waals surface area contributed by atoms with Crippen LogP contribution in [0, 0.1) is 0 Å². The summed E-state index contributed by atoms with van der Waals surface area (Å²) in [7, 11) is 0. The average Bonchev–Trinajstić information content (AvgIpc) is 3.47. The van der Waals surface area contributed by atoms with Gasteiger partial charge in [0, 0.05) is 44.5 Å². The van der Waals surface area contributed by atoms with Crippen LogP contribution in [0.4, 0.5) is 11.4 Å². The number of para-hydroxylation sites is 1. The van der Waals surface area contributed by atoms with E-state index in [9.17, 15) is 14.4 Å². The second-order valence-electron chi connectivity index (χ2n) is 10.0. The molecule has 0 saturated heterocycles. The van der Waals surface area contributed by atoms with Gasteiger partial charge in [-0.2, -0.15) is 0 Å². The number of aromatic nitrogens is 1. The van der Waals surface area contributed by atoms with Crippen molar-refractivity contribution in [3.8, 4) is 0 Å². The summed E-state index contributed by atoms with van der Waals surface area (Å²) in [5.41, 5.74) is 3.55. The molecule has 6 aromatic rings. The van der Waals surface area contributed by atoms with Gasteiger partial charge in [0.1, 0.15) is 5.70 Å². The summed E-state index contributed by atoms with van der Waals surface area (Å²) in [6.07, 6.45) is 3.46. The Morgan fingerprint density at radius 1 is 0.705 bits per heavy atom. The fourth-order valence-corrected chi connectivity index (χ4v) is 5.46. The lowest BCUT2D eigenvalue weighted by molar-refractivity contribution is -0.114. The Kier molecular flexibility index (Phi) is 8.52. The first kappa shape index (κ1) is 28.5. The molecular formula is C36H28N4O3S. The summed E-state index contributed by atoms with van der Waals surface area (Å²) in [5.74, 6) is -0.721. The van der Waals surface area contributed by atoms with Gasteiger partial charge >= 0.3 is 0 Å². The molecule has 0 bridgehead atoms. The predicted molar refractivity (Wildman–Crippen MR) is 179 cm³/mol. The lowest BCUT2D eigenvalue weighted by Gasteiger charge is -2.12. The second-order valence-corrected chi connectivity index (χ2v) is 11.1. The first-order valence-electron chi connectivity index (χ1n) is 14.0. The van der Waals surface area contributed by atoms with Gasteiger partial charge in [-0.05, 0) is 71.4 Å². The number of hydrogen-bond donors (Lipinski definition) is 4. The molecule has 6 rings (SSSR count). The van der Waals surface area contributed by atoms with Crippen molar-refractivity contribution in [1.29, 1.82) is 0 Å². The third-order valence-corrected chi connectivity index (χ3v) is 7.98. The van der Waals surface area contributed by atoms with Crippen molar-refractivity contribution in [3.63, 3.8) is 0 Å². The van der Waals surface area contributed by atoms with Crippen LogP contribution < -0.4 is 16.0 Å². The third-order valence-electron chi connectivity index (χ3n) is 6.97. The monoisotopic (exact) mass is 596 g/mol. The zero-order chi connectivity index (χ0) is 30.3. The van der Waals surface area contributed by atoms with Crippen LogP contribution in [-0.2, 0) is 9.59 Å². The lowest BCUT2D eigenvalue weighted by Crippen LogP contribution is -2.30. The maximum Gasteiger partial charge on any atom is 0.272 e. The molecule has 216 valence electrons. The van der Waals surface area contributed by atoms with Crippen molar-refractivity contribution in [3.05, 3.63) is 144 Å². The number of rotatable bonds is 9. The number of fused-ring (bicyclic) bond motifs is 2. The molecule has 3 amide bonds. The van der Waals surface area contributed by atoms with E-state index in [2.05, 4.69) is 20.9 Å². The van der Waals surface area contributed by atoms with E-state index in [1.54, 1.807) is 48.7 Å². The molecule has 1 heterocycles. The highest BCUT2D eigenvalue weighted by atomic mass is 32.2. The third kappa shape index (κ3) is 6.88. The van der Waals surface area contributed by atoms with Crippen molar-refractivity contribution in [2.24, 2.45) is 0 Å². The maximum absolute atomic E-state index is 13.4. The van der Waals surface area contributed by atoms with Crippen LogP contribution in [0.2, 0.25) is 0 Å². The Balaban J connectivity index is 1.11. The van der Waals surface area contributed by atoms with E-state index in [0.29, 0.717) is 11.3 Å². The Morgan fingerprint density at radius 3 is 2.23 bits per heavy atom. The molecule has 0 atom stereocenters. The van der Waals surface area contributed by atoms with Crippen molar-refractivity contribution >= 4 is 68.6 Å². The number of hydrogen-bond acceptors (Lipinski definition) is 4. The Hall–Kier alpha value is -5.60. The maximum atomic E-state index is 13.4. The van der Waals surface area contributed by atoms with Crippen molar-refractivity contribution in [1.82, 2.24) is 10.3 Å². The zero-order valence-corrected chi connectivity index (χ0v) is 24.4. The Bertz CT molecular complexity index is 2000. The van der Waals surface area contributed by atoms with Crippen molar-refractivity contribution in [2.45, 2.75) is 4.90 Å². The highest BCUT2D eigenvalue weighted by Crippen LogP contribution is 2.24. The summed E-state index contributed by atoms with van der Waals surface area (Å²) in [4.78, 5) is 43.1. The van der Waals surface area contributed by atoms with E-state index >= 15 is 0 Å². The number of carbonyl (C=O) groups is 3. The van der Waals surface area contributed by atoms with Gasteiger partial charge in [-0.15, -0.1) is 11.8 Å². The normalized spacial score (nSPS) is 11.3. The average molecular weight is 597 g/mol. The molecule has 44 heavy (non-hydrogen) atoms. The number of nitrogens with one attached hydrogen (secondary N) is 4.